The number of carbonyl (C=O) groups excluding carboxylic acids is 1. The molecule has 19 heavy (non-hydrogen) atoms. The fourth-order valence-corrected chi connectivity index (χ4v) is 2.54. The smallest absolute Gasteiger partial charge is 0.237 e. The molecular formula is C15H22N2O2. The van der Waals surface area contributed by atoms with Crippen LogP contribution >= 0.6 is 0 Å². The van der Waals surface area contributed by atoms with Crippen molar-refractivity contribution in [2.45, 2.75) is 31.8 Å². The zero-order valence-electron chi connectivity index (χ0n) is 11.3. The lowest BCUT2D eigenvalue weighted by molar-refractivity contribution is -0.124. The highest BCUT2D eigenvalue weighted by atomic mass is 16.3. The molecule has 1 fully saturated rings. The van der Waals surface area contributed by atoms with E-state index in [1.165, 1.54) is 0 Å². The maximum atomic E-state index is 12.1. The van der Waals surface area contributed by atoms with Crippen molar-refractivity contribution in [3.8, 4) is 0 Å². The highest BCUT2D eigenvalue weighted by Gasteiger charge is 2.30. The first-order chi connectivity index (χ1) is 9.20. The molecule has 1 heterocycles. The first-order valence-electron chi connectivity index (χ1n) is 6.89. The van der Waals surface area contributed by atoms with Gasteiger partial charge >= 0.3 is 0 Å². The maximum absolute atomic E-state index is 12.1. The largest absolute Gasteiger partial charge is 0.394 e. The maximum Gasteiger partial charge on any atom is 0.237 e. The molecular weight excluding hydrogens is 240 g/mol. The Hall–Kier alpha value is -1.39. The molecule has 0 aromatic heterocycles. The van der Waals surface area contributed by atoms with E-state index in [2.05, 4.69) is 17.6 Å². The van der Waals surface area contributed by atoms with Crippen LogP contribution in [0.4, 0.5) is 0 Å². The van der Waals surface area contributed by atoms with E-state index < -0.39 is 0 Å². The van der Waals surface area contributed by atoms with E-state index in [0.29, 0.717) is 12.3 Å². The number of aliphatic hydroxyl groups excluding tert-OH is 1. The Balaban J connectivity index is 1.90. The molecule has 3 N–H and O–H groups in total. The molecule has 1 aromatic rings. The van der Waals surface area contributed by atoms with Gasteiger partial charge in [0.15, 0.2) is 0 Å². The summed E-state index contributed by atoms with van der Waals surface area (Å²) < 4.78 is 0. The summed E-state index contributed by atoms with van der Waals surface area (Å²) in [4.78, 5) is 12.1. The molecule has 0 saturated carbocycles. The zero-order valence-corrected chi connectivity index (χ0v) is 11.3. The van der Waals surface area contributed by atoms with Crippen LogP contribution in [0.15, 0.2) is 30.3 Å². The molecule has 3 atom stereocenters. The van der Waals surface area contributed by atoms with E-state index in [9.17, 15) is 9.90 Å². The zero-order chi connectivity index (χ0) is 13.7. The minimum Gasteiger partial charge on any atom is -0.394 e. The molecule has 2 rings (SSSR count). The van der Waals surface area contributed by atoms with Crippen LogP contribution < -0.4 is 10.6 Å². The van der Waals surface area contributed by atoms with Gasteiger partial charge in [-0.3, -0.25) is 4.79 Å². The molecule has 0 bridgehead atoms. The van der Waals surface area contributed by atoms with Gasteiger partial charge in [0.25, 0.3) is 0 Å². The van der Waals surface area contributed by atoms with Gasteiger partial charge in [-0.2, -0.15) is 0 Å². The summed E-state index contributed by atoms with van der Waals surface area (Å²) in [6.07, 6.45) is 1.69. The van der Waals surface area contributed by atoms with Crippen molar-refractivity contribution >= 4 is 5.91 Å². The summed E-state index contributed by atoms with van der Waals surface area (Å²) in [7, 11) is 0. The van der Waals surface area contributed by atoms with E-state index >= 15 is 0 Å². The summed E-state index contributed by atoms with van der Waals surface area (Å²) in [6.45, 7) is 2.93. The lowest BCUT2D eigenvalue weighted by atomic mass is 10.0. The molecule has 0 spiro atoms. The van der Waals surface area contributed by atoms with Crippen molar-refractivity contribution in [2.24, 2.45) is 5.92 Å². The number of benzene rings is 1. The van der Waals surface area contributed by atoms with Crippen molar-refractivity contribution in [1.29, 1.82) is 0 Å². The average Bonchev–Trinajstić information content (AvgIpc) is 2.85. The fourth-order valence-electron chi connectivity index (χ4n) is 2.54. The van der Waals surface area contributed by atoms with Gasteiger partial charge in [0.05, 0.1) is 18.7 Å². The second kappa shape index (κ2) is 6.68. The van der Waals surface area contributed by atoms with Gasteiger partial charge in [-0.25, -0.2) is 0 Å². The van der Waals surface area contributed by atoms with Crippen LogP contribution in [0.5, 0.6) is 0 Å². The van der Waals surface area contributed by atoms with Crippen molar-refractivity contribution < 1.29 is 9.90 Å². The third-order valence-electron chi connectivity index (χ3n) is 3.71. The van der Waals surface area contributed by atoms with E-state index in [-0.39, 0.29) is 24.6 Å². The lowest BCUT2D eigenvalue weighted by Gasteiger charge is -2.21. The van der Waals surface area contributed by atoms with Gasteiger partial charge in [-0.05, 0) is 30.9 Å². The normalized spacial score (nSPS) is 24.1. The van der Waals surface area contributed by atoms with Gasteiger partial charge in [0, 0.05) is 0 Å². The molecule has 1 aliphatic rings. The van der Waals surface area contributed by atoms with E-state index in [4.69, 9.17) is 0 Å². The van der Waals surface area contributed by atoms with Crippen LogP contribution in [0, 0.1) is 5.92 Å². The molecule has 1 aromatic carbocycles. The monoisotopic (exact) mass is 262 g/mol. The van der Waals surface area contributed by atoms with Crippen molar-refractivity contribution in [2.75, 3.05) is 13.2 Å². The Morgan fingerprint density at radius 1 is 1.47 bits per heavy atom. The molecule has 104 valence electrons. The average molecular weight is 262 g/mol. The molecule has 4 heteroatoms. The molecule has 1 saturated heterocycles. The predicted molar refractivity (Wildman–Crippen MR) is 74.7 cm³/mol. The van der Waals surface area contributed by atoms with Crippen LogP contribution in [0.3, 0.4) is 0 Å². The van der Waals surface area contributed by atoms with Crippen LogP contribution in [0.1, 0.15) is 18.9 Å². The Kier molecular flexibility index (Phi) is 4.93. The number of amides is 1. The number of rotatable bonds is 5. The fraction of sp³-hybridized carbons (Fsp3) is 0.533. The number of carbonyl (C=O) groups is 1. The Morgan fingerprint density at radius 3 is 2.79 bits per heavy atom. The summed E-state index contributed by atoms with van der Waals surface area (Å²) in [5, 5.41) is 15.6. The minimum absolute atomic E-state index is 0.0000175. The number of hydrogen-bond donors (Lipinski definition) is 3. The van der Waals surface area contributed by atoms with Crippen molar-refractivity contribution in [1.82, 2.24) is 10.6 Å². The van der Waals surface area contributed by atoms with E-state index in [0.717, 1.165) is 18.5 Å². The Labute approximate surface area is 114 Å². The SMILES string of the molecule is CC1CCNC1C(=O)NC(CO)Cc1ccccc1. The molecule has 1 amide bonds. The third-order valence-corrected chi connectivity index (χ3v) is 3.71. The van der Waals surface area contributed by atoms with Gasteiger partial charge in [0.2, 0.25) is 5.91 Å². The van der Waals surface area contributed by atoms with Crippen molar-refractivity contribution in [3.63, 3.8) is 0 Å². The second-order valence-corrected chi connectivity index (χ2v) is 5.28. The minimum atomic E-state index is -0.218. The summed E-state index contributed by atoms with van der Waals surface area (Å²) >= 11 is 0. The van der Waals surface area contributed by atoms with Crippen LogP contribution in [0.25, 0.3) is 0 Å². The first kappa shape index (κ1) is 14.0. The van der Waals surface area contributed by atoms with Gasteiger partial charge in [-0.15, -0.1) is 0 Å². The highest BCUT2D eigenvalue weighted by Crippen LogP contribution is 2.14. The molecule has 1 aliphatic heterocycles. The molecule has 0 radical (unpaired) electrons. The van der Waals surface area contributed by atoms with Crippen LogP contribution in [-0.2, 0) is 11.2 Å². The van der Waals surface area contributed by atoms with E-state index in [1.54, 1.807) is 0 Å². The molecule has 3 unspecified atom stereocenters. The second-order valence-electron chi connectivity index (χ2n) is 5.28. The van der Waals surface area contributed by atoms with Crippen LogP contribution in [0.2, 0.25) is 0 Å². The Bertz CT molecular complexity index is 408. The predicted octanol–water partition coefficient (Wildman–Crippen LogP) is 0.704. The van der Waals surface area contributed by atoms with Crippen molar-refractivity contribution in [3.05, 3.63) is 35.9 Å². The van der Waals surface area contributed by atoms with Gasteiger partial charge in [0.1, 0.15) is 0 Å². The first-order valence-corrected chi connectivity index (χ1v) is 6.89. The number of aliphatic hydroxyl groups is 1. The number of hydrogen-bond acceptors (Lipinski definition) is 3. The standard InChI is InChI=1S/C15H22N2O2/c1-11-7-8-16-14(11)15(19)17-13(10-18)9-12-5-3-2-4-6-12/h2-6,11,13-14,16,18H,7-10H2,1H3,(H,17,19). The highest BCUT2D eigenvalue weighted by molar-refractivity contribution is 5.82. The topological polar surface area (TPSA) is 61.4 Å². The summed E-state index contributed by atoms with van der Waals surface area (Å²) in [5.41, 5.74) is 1.12. The lowest BCUT2D eigenvalue weighted by Crippen LogP contribution is -2.49. The number of nitrogens with one attached hydrogen (secondary N) is 2. The Morgan fingerprint density at radius 2 is 2.21 bits per heavy atom. The van der Waals surface area contributed by atoms with E-state index in [1.807, 2.05) is 30.3 Å². The molecule has 0 aliphatic carbocycles. The summed E-state index contributed by atoms with van der Waals surface area (Å²) in [6, 6.07) is 9.56. The van der Waals surface area contributed by atoms with Crippen LogP contribution in [-0.4, -0.2) is 36.2 Å². The third kappa shape index (κ3) is 3.78. The quantitative estimate of drug-likeness (QED) is 0.732. The van der Waals surface area contributed by atoms with Gasteiger partial charge in [-0.1, -0.05) is 37.3 Å². The summed E-state index contributed by atoms with van der Waals surface area (Å²) in [5.74, 6) is 0.357. The van der Waals surface area contributed by atoms with Gasteiger partial charge < -0.3 is 15.7 Å². The molecule has 4 nitrogen and oxygen atoms in total.